The number of thiophene rings is 1. The lowest BCUT2D eigenvalue weighted by Crippen LogP contribution is -2.47. The molecule has 1 aliphatic rings. The number of amides is 2. The maximum Gasteiger partial charge on any atom is 0.231 e. The molecule has 0 bridgehead atoms. The Kier molecular flexibility index (Phi) is 5.76. The predicted octanol–water partition coefficient (Wildman–Crippen LogP) is 0.993. The van der Waals surface area contributed by atoms with Crippen LogP contribution in [-0.2, 0) is 16.0 Å². The van der Waals surface area contributed by atoms with Gasteiger partial charge in [0, 0.05) is 12.6 Å². The number of piperidine rings is 1. The maximum absolute atomic E-state index is 12.3. The molecule has 0 aromatic carbocycles. The lowest BCUT2D eigenvalue weighted by atomic mass is 9.96. The van der Waals surface area contributed by atoms with Crippen molar-refractivity contribution in [1.29, 1.82) is 0 Å². The minimum Gasteiger partial charge on any atom is -0.369 e. The van der Waals surface area contributed by atoms with E-state index in [0.717, 1.165) is 25.8 Å². The van der Waals surface area contributed by atoms with Gasteiger partial charge in [-0.2, -0.15) is 11.3 Å². The molecular weight excluding hydrogens is 286 g/mol. The number of likely N-dealkylation sites (tertiary alicyclic amines) is 1. The second-order valence-electron chi connectivity index (χ2n) is 5.79. The highest BCUT2D eigenvalue weighted by atomic mass is 32.1. The molecule has 2 unspecified atom stereocenters. The van der Waals surface area contributed by atoms with Gasteiger partial charge in [0.2, 0.25) is 11.8 Å². The van der Waals surface area contributed by atoms with Crippen molar-refractivity contribution in [1.82, 2.24) is 10.2 Å². The number of carbonyl (C=O) groups is 2. The van der Waals surface area contributed by atoms with E-state index in [1.54, 1.807) is 11.3 Å². The van der Waals surface area contributed by atoms with Crippen LogP contribution in [0.1, 0.15) is 25.3 Å². The third-order valence-corrected chi connectivity index (χ3v) is 4.50. The highest BCUT2D eigenvalue weighted by Crippen LogP contribution is 2.17. The Bertz CT molecular complexity index is 475. The van der Waals surface area contributed by atoms with Crippen molar-refractivity contribution in [3.05, 3.63) is 22.4 Å². The Morgan fingerprint density at radius 1 is 1.57 bits per heavy atom. The first-order valence-corrected chi connectivity index (χ1v) is 8.31. The fourth-order valence-electron chi connectivity index (χ4n) is 2.81. The molecule has 1 aliphatic heterocycles. The Balaban J connectivity index is 1.80. The van der Waals surface area contributed by atoms with Gasteiger partial charge in [0.15, 0.2) is 0 Å². The van der Waals surface area contributed by atoms with Crippen molar-refractivity contribution in [2.75, 3.05) is 19.6 Å². The summed E-state index contributed by atoms with van der Waals surface area (Å²) in [5, 5.41) is 7.24. The number of rotatable bonds is 6. The second kappa shape index (κ2) is 7.56. The molecule has 6 heteroatoms. The number of carbonyl (C=O) groups excluding carboxylic acids is 2. The van der Waals surface area contributed by atoms with E-state index in [4.69, 9.17) is 5.73 Å². The molecular formula is C15H23N3O2S. The highest BCUT2D eigenvalue weighted by Gasteiger charge is 2.27. The molecule has 2 rings (SSSR count). The molecule has 1 aromatic heterocycles. The van der Waals surface area contributed by atoms with Crippen LogP contribution >= 0.6 is 11.3 Å². The summed E-state index contributed by atoms with van der Waals surface area (Å²) in [6.45, 7) is 3.74. The van der Waals surface area contributed by atoms with Gasteiger partial charge in [0.05, 0.1) is 12.5 Å². The minimum atomic E-state index is -0.332. The van der Waals surface area contributed by atoms with Crippen molar-refractivity contribution in [2.24, 2.45) is 11.7 Å². The molecule has 3 N–H and O–H groups in total. The van der Waals surface area contributed by atoms with Gasteiger partial charge >= 0.3 is 0 Å². The summed E-state index contributed by atoms with van der Waals surface area (Å²) in [6, 6.07) is 2.21. The van der Waals surface area contributed by atoms with E-state index in [-0.39, 0.29) is 30.3 Å². The van der Waals surface area contributed by atoms with E-state index in [2.05, 4.69) is 16.8 Å². The predicted molar refractivity (Wildman–Crippen MR) is 84.0 cm³/mol. The van der Waals surface area contributed by atoms with Crippen LogP contribution in [0, 0.1) is 5.92 Å². The van der Waals surface area contributed by atoms with Crippen LogP contribution in [0.15, 0.2) is 16.8 Å². The molecule has 1 fully saturated rings. The number of primary amides is 1. The summed E-state index contributed by atoms with van der Waals surface area (Å²) < 4.78 is 0. The van der Waals surface area contributed by atoms with Crippen molar-refractivity contribution >= 4 is 23.2 Å². The first kappa shape index (κ1) is 16.0. The molecule has 0 aliphatic carbocycles. The van der Waals surface area contributed by atoms with Gasteiger partial charge in [0.25, 0.3) is 0 Å². The number of hydrogen-bond donors (Lipinski definition) is 2. The Labute approximate surface area is 129 Å². The van der Waals surface area contributed by atoms with Crippen molar-refractivity contribution in [3.8, 4) is 0 Å². The molecule has 2 atom stereocenters. The van der Waals surface area contributed by atoms with Crippen LogP contribution in [0.4, 0.5) is 0 Å². The first-order chi connectivity index (χ1) is 10.0. The molecule has 0 radical (unpaired) electrons. The monoisotopic (exact) mass is 309 g/mol. The van der Waals surface area contributed by atoms with E-state index < -0.39 is 0 Å². The fourth-order valence-corrected chi connectivity index (χ4v) is 3.49. The SMILES string of the molecule is CC(Cc1ccsc1)NC(=O)C1CCCN(CC(N)=O)C1. The van der Waals surface area contributed by atoms with Gasteiger partial charge in [-0.15, -0.1) is 0 Å². The summed E-state index contributed by atoms with van der Waals surface area (Å²) in [5.74, 6) is -0.281. The molecule has 1 aromatic rings. The topological polar surface area (TPSA) is 75.4 Å². The summed E-state index contributed by atoms with van der Waals surface area (Å²) in [6.07, 6.45) is 2.67. The van der Waals surface area contributed by atoms with Crippen LogP contribution in [0.25, 0.3) is 0 Å². The smallest absolute Gasteiger partial charge is 0.231 e. The van der Waals surface area contributed by atoms with Crippen LogP contribution in [0.3, 0.4) is 0 Å². The molecule has 21 heavy (non-hydrogen) atoms. The standard InChI is InChI=1S/C15H23N3O2S/c1-11(7-12-4-6-21-10-12)17-15(20)13-3-2-5-18(8-13)9-14(16)19/h4,6,10-11,13H,2-3,5,7-9H2,1H3,(H2,16,19)(H,17,20). The number of nitrogens with two attached hydrogens (primary N) is 1. The summed E-state index contributed by atoms with van der Waals surface area (Å²) >= 11 is 1.67. The third kappa shape index (κ3) is 5.13. The zero-order valence-electron chi connectivity index (χ0n) is 12.4. The molecule has 116 valence electrons. The highest BCUT2D eigenvalue weighted by molar-refractivity contribution is 7.07. The van der Waals surface area contributed by atoms with Crippen LogP contribution < -0.4 is 11.1 Å². The van der Waals surface area contributed by atoms with E-state index in [1.807, 2.05) is 17.2 Å². The minimum absolute atomic E-state index is 0.0389. The molecule has 2 amide bonds. The fraction of sp³-hybridized carbons (Fsp3) is 0.600. The largest absolute Gasteiger partial charge is 0.369 e. The average molecular weight is 309 g/mol. The zero-order chi connectivity index (χ0) is 15.2. The second-order valence-corrected chi connectivity index (χ2v) is 6.57. The van der Waals surface area contributed by atoms with Crippen LogP contribution in [0.2, 0.25) is 0 Å². The van der Waals surface area contributed by atoms with E-state index in [0.29, 0.717) is 6.54 Å². The van der Waals surface area contributed by atoms with Crippen LogP contribution in [0.5, 0.6) is 0 Å². The van der Waals surface area contributed by atoms with Crippen LogP contribution in [-0.4, -0.2) is 42.4 Å². The molecule has 5 nitrogen and oxygen atoms in total. The van der Waals surface area contributed by atoms with Crippen molar-refractivity contribution < 1.29 is 9.59 Å². The molecule has 1 saturated heterocycles. The summed E-state index contributed by atoms with van der Waals surface area (Å²) in [4.78, 5) is 25.3. The lowest BCUT2D eigenvalue weighted by Gasteiger charge is -2.31. The Morgan fingerprint density at radius 2 is 2.38 bits per heavy atom. The molecule has 0 saturated carbocycles. The van der Waals surface area contributed by atoms with E-state index in [1.165, 1.54) is 5.56 Å². The number of nitrogens with one attached hydrogen (secondary N) is 1. The average Bonchev–Trinajstić information content (AvgIpc) is 2.90. The molecule has 0 spiro atoms. The van der Waals surface area contributed by atoms with Gasteiger partial charge in [-0.05, 0) is 55.1 Å². The van der Waals surface area contributed by atoms with Crippen molar-refractivity contribution in [2.45, 2.75) is 32.2 Å². The van der Waals surface area contributed by atoms with E-state index >= 15 is 0 Å². The first-order valence-electron chi connectivity index (χ1n) is 7.36. The normalized spacial score (nSPS) is 20.9. The van der Waals surface area contributed by atoms with Crippen molar-refractivity contribution in [3.63, 3.8) is 0 Å². The van der Waals surface area contributed by atoms with E-state index in [9.17, 15) is 9.59 Å². The molecule has 2 heterocycles. The Hall–Kier alpha value is -1.40. The van der Waals surface area contributed by atoms with Gasteiger partial charge in [0.1, 0.15) is 0 Å². The number of hydrogen-bond acceptors (Lipinski definition) is 4. The van der Waals surface area contributed by atoms with Gasteiger partial charge in [-0.25, -0.2) is 0 Å². The van der Waals surface area contributed by atoms with Gasteiger partial charge in [-0.1, -0.05) is 0 Å². The van der Waals surface area contributed by atoms with Gasteiger partial charge in [-0.3, -0.25) is 14.5 Å². The summed E-state index contributed by atoms with van der Waals surface area (Å²) in [5.41, 5.74) is 6.48. The maximum atomic E-state index is 12.3. The third-order valence-electron chi connectivity index (χ3n) is 3.77. The quantitative estimate of drug-likeness (QED) is 0.823. The summed E-state index contributed by atoms with van der Waals surface area (Å²) in [7, 11) is 0. The Morgan fingerprint density at radius 3 is 3.05 bits per heavy atom. The lowest BCUT2D eigenvalue weighted by molar-refractivity contribution is -0.128. The van der Waals surface area contributed by atoms with Gasteiger partial charge < -0.3 is 11.1 Å². The number of nitrogens with zero attached hydrogens (tertiary/aromatic N) is 1. The zero-order valence-corrected chi connectivity index (χ0v) is 13.2.